The summed E-state index contributed by atoms with van der Waals surface area (Å²) in [6, 6.07) is 0. The quantitative estimate of drug-likeness (QED) is 0.265. The van der Waals surface area contributed by atoms with Gasteiger partial charge in [0.1, 0.15) is 19.8 Å². The van der Waals surface area contributed by atoms with Crippen LogP contribution in [0.25, 0.3) is 0 Å². The maximum absolute atomic E-state index is 11.4. The Hall–Kier alpha value is -1.71. The lowest BCUT2D eigenvalue weighted by Crippen LogP contribution is -2.31. The molecule has 1 amide bonds. The van der Waals surface area contributed by atoms with E-state index in [1.165, 1.54) is 0 Å². The molecule has 0 fully saturated rings. The van der Waals surface area contributed by atoms with Crippen molar-refractivity contribution in [2.45, 2.75) is 39.0 Å². The molecule has 9 nitrogen and oxygen atoms in total. The first-order chi connectivity index (χ1) is 12.6. The topological polar surface area (TPSA) is 120 Å². The fourth-order valence-corrected chi connectivity index (χ4v) is 1.85. The zero-order valence-electron chi connectivity index (χ0n) is 15.5. The Morgan fingerprint density at radius 1 is 0.846 bits per heavy atom. The predicted octanol–water partition coefficient (Wildman–Crippen LogP) is 0.751. The Kier molecular flexibility index (Phi) is 16.9. The van der Waals surface area contributed by atoms with Gasteiger partial charge in [-0.2, -0.15) is 0 Å². The smallest absolute Gasteiger partial charge is 0.329 e. The summed E-state index contributed by atoms with van der Waals surface area (Å²) >= 11 is 0. The van der Waals surface area contributed by atoms with Gasteiger partial charge >= 0.3 is 11.9 Å². The fourth-order valence-electron chi connectivity index (χ4n) is 1.85. The normalized spacial score (nSPS) is 10.5. The molecule has 152 valence electrons. The van der Waals surface area contributed by atoms with Gasteiger partial charge in [-0.1, -0.05) is 26.2 Å². The highest BCUT2D eigenvalue weighted by atomic mass is 16.6. The number of amides is 1. The van der Waals surface area contributed by atoms with Crippen molar-refractivity contribution in [3.05, 3.63) is 0 Å². The van der Waals surface area contributed by atoms with Gasteiger partial charge in [-0.25, -0.2) is 4.79 Å². The summed E-state index contributed by atoms with van der Waals surface area (Å²) in [5.74, 6) is -1.71. The van der Waals surface area contributed by atoms with E-state index >= 15 is 0 Å². The molecular weight excluding hydrogens is 346 g/mol. The number of aliphatic carboxylic acids is 1. The van der Waals surface area contributed by atoms with E-state index in [1.54, 1.807) is 0 Å². The number of carbonyl (C=O) groups is 3. The SMILES string of the molecule is CCCCCCC(=O)OCCOCCOCCNC(=O)COCC(=O)O. The zero-order valence-corrected chi connectivity index (χ0v) is 15.5. The molecule has 0 unspecified atom stereocenters. The van der Waals surface area contributed by atoms with Crippen LogP contribution in [0, 0.1) is 0 Å². The summed E-state index contributed by atoms with van der Waals surface area (Å²) in [5.41, 5.74) is 0. The van der Waals surface area contributed by atoms with E-state index in [2.05, 4.69) is 17.0 Å². The Morgan fingerprint density at radius 2 is 1.54 bits per heavy atom. The van der Waals surface area contributed by atoms with Crippen LogP contribution in [0.3, 0.4) is 0 Å². The molecule has 0 aliphatic heterocycles. The number of hydrogen-bond donors (Lipinski definition) is 2. The van der Waals surface area contributed by atoms with Gasteiger partial charge in [0.25, 0.3) is 0 Å². The molecule has 0 aromatic rings. The fraction of sp³-hybridized carbons (Fsp3) is 0.824. The van der Waals surface area contributed by atoms with Gasteiger partial charge in [-0.3, -0.25) is 9.59 Å². The maximum atomic E-state index is 11.4. The summed E-state index contributed by atoms with van der Waals surface area (Å²) in [4.78, 5) is 32.8. The molecule has 0 aromatic carbocycles. The lowest BCUT2D eigenvalue weighted by molar-refractivity contribution is -0.146. The minimum Gasteiger partial charge on any atom is -0.480 e. The second-order valence-corrected chi connectivity index (χ2v) is 5.49. The monoisotopic (exact) mass is 377 g/mol. The van der Waals surface area contributed by atoms with Crippen molar-refractivity contribution >= 4 is 17.8 Å². The number of nitrogens with one attached hydrogen (secondary N) is 1. The standard InChI is InChI=1S/C17H31NO8/c1-2-3-4-5-6-17(22)26-12-11-24-10-9-23-8-7-18-15(19)13-25-14-16(20)21/h2-14H2,1H3,(H,18,19)(H,20,21). The van der Waals surface area contributed by atoms with Crippen LogP contribution in [-0.4, -0.2) is 75.7 Å². The summed E-state index contributed by atoms with van der Waals surface area (Å²) < 4.78 is 20.2. The molecule has 2 N–H and O–H groups in total. The third-order valence-electron chi connectivity index (χ3n) is 3.12. The molecule has 0 aliphatic rings. The number of unbranched alkanes of at least 4 members (excludes halogenated alkanes) is 3. The average Bonchev–Trinajstić information content (AvgIpc) is 2.60. The molecule has 0 aliphatic carbocycles. The van der Waals surface area contributed by atoms with Gasteiger partial charge in [0.15, 0.2) is 0 Å². The van der Waals surface area contributed by atoms with Crippen molar-refractivity contribution in [1.29, 1.82) is 0 Å². The van der Waals surface area contributed by atoms with Crippen LogP contribution < -0.4 is 5.32 Å². The van der Waals surface area contributed by atoms with Gasteiger partial charge in [-0.05, 0) is 6.42 Å². The minimum atomic E-state index is -1.12. The third kappa shape index (κ3) is 18.6. The van der Waals surface area contributed by atoms with Crippen LogP contribution in [0.4, 0.5) is 0 Å². The molecule has 0 heterocycles. The molecule has 26 heavy (non-hydrogen) atoms. The van der Waals surface area contributed by atoms with E-state index in [-0.39, 0.29) is 19.2 Å². The average molecular weight is 377 g/mol. The first kappa shape index (κ1) is 24.3. The largest absolute Gasteiger partial charge is 0.480 e. The maximum Gasteiger partial charge on any atom is 0.329 e. The second-order valence-electron chi connectivity index (χ2n) is 5.49. The predicted molar refractivity (Wildman–Crippen MR) is 92.8 cm³/mol. The van der Waals surface area contributed by atoms with E-state index in [0.717, 1.165) is 25.7 Å². The Bertz CT molecular complexity index is 389. The molecule has 0 rings (SSSR count). The number of esters is 1. The molecule has 0 spiro atoms. The lowest BCUT2D eigenvalue weighted by Gasteiger charge is -2.08. The summed E-state index contributed by atoms with van der Waals surface area (Å²) in [6.07, 6.45) is 4.64. The highest BCUT2D eigenvalue weighted by molar-refractivity contribution is 5.77. The summed E-state index contributed by atoms with van der Waals surface area (Å²) in [5, 5.41) is 10.9. The van der Waals surface area contributed by atoms with Crippen LogP contribution >= 0.6 is 0 Å². The van der Waals surface area contributed by atoms with Crippen LogP contribution in [0.5, 0.6) is 0 Å². The van der Waals surface area contributed by atoms with Crippen LogP contribution in [0.15, 0.2) is 0 Å². The van der Waals surface area contributed by atoms with Gasteiger partial charge < -0.3 is 29.4 Å². The second kappa shape index (κ2) is 18.1. The molecule has 0 saturated carbocycles. The molecule has 0 bridgehead atoms. The molecule has 9 heteroatoms. The van der Waals surface area contributed by atoms with Crippen molar-refractivity contribution in [1.82, 2.24) is 5.32 Å². The summed E-state index contributed by atoms with van der Waals surface area (Å²) in [6.45, 7) is 3.20. The number of carboxylic acid groups (broad SMARTS) is 1. The van der Waals surface area contributed by atoms with Crippen LogP contribution in [-0.2, 0) is 33.3 Å². The number of ether oxygens (including phenoxy) is 4. The van der Waals surface area contributed by atoms with Crippen LogP contribution in [0.1, 0.15) is 39.0 Å². The third-order valence-corrected chi connectivity index (χ3v) is 3.12. The van der Waals surface area contributed by atoms with E-state index in [0.29, 0.717) is 39.4 Å². The number of carbonyl (C=O) groups excluding carboxylic acids is 2. The first-order valence-electron chi connectivity index (χ1n) is 8.93. The zero-order chi connectivity index (χ0) is 19.5. The van der Waals surface area contributed by atoms with Gasteiger partial charge in [0, 0.05) is 13.0 Å². The van der Waals surface area contributed by atoms with E-state index < -0.39 is 18.5 Å². The van der Waals surface area contributed by atoms with Gasteiger partial charge in [0.2, 0.25) is 5.91 Å². The highest BCUT2D eigenvalue weighted by Gasteiger charge is 2.03. The number of carboxylic acids is 1. The highest BCUT2D eigenvalue weighted by Crippen LogP contribution is 2.03. The first-order valence-corrected chi connectivity index (χ1v) is 8.93. The lowest BCUT2D eigenvalue weighted by atomic mass is 10.2. The molecule has 0 saturated heterocycles. The van der Waals surface area contributed by atoms with E-state index in [9.17, 15) is 14.4 Å². The minimum absolute atomic E-state index is 0.191. The van der Waals surface area contributed by atoms with Crippen molar-refractivity contribution in [3.8, 4) is 0 Å². The molecule has 0 radical (unpaired) electrons. The molecule has 0 atom stereocenters. The van der Waals surface area contributed by atoms with Crippen molar-refractivity contribution in [2.75, 3.05) is 52.8 Å². The van der Waals surface area contributed by atoms with Crippen LogP contribution in [0.2, 0.25) is 0 Å². The summed E-state index contributed by atoms with van der Waals surface area (Å²) in [7, 11) is 0. The molecule has 0 aromatic heterocycles. The van der Waals surface area contributed by atoms with E-state index in [4.69, 9.17) is 19.3 Å². The number of rotatable bonds is 18. The van der Waals surface area contributed by atoms with Crippen molar-refractivity contribution in [3.63, 3.8) is 0 Å². The number of hydrogen-bond acceptors (Lipinski definition) is 7. The Morgan fingerprint density at radius 3 is 2.23 bits per heavy atom. The van der Waals surface area contributed by atoms with E-state index in [1.807, 2.05) is 0 Å². The van der Waals surface area contributed by atoms with Crippen molar-refractivity contribution < 1.29 is 38.4 Å². The Labute approximate surface area is 154 Å². The van der Waals surface area contributed by atoms with Gasteiger partial charge in [-0.15, -0.1) is 0 Å². The van der Waals surface area contributed by atoms with Gasteiger partial charge in [0.05, 0.1) is 26.4 Å². The Balaban J connectivity index is 3.25. The molecular formula is C17H31NO8. The van der Waals surface area contributed by atoms with Crippen molar-refractivity contribution in [2.24, 2.45) is 0 Å².